The normalized spacial score (nSPS) is 10.7. The first-order valence-electron chi connectivity index (χ1n) is 6.51. The number of aryl methyl sites for hydroxylation is 1. The fourth-order valence-corrected chi connectivity index (χ4v) is 1.96. The topological polar surface area (TPSA) is 50.7 Å². The van der Waals surface area contributed by atoms with Crippen LogP contribution in [-0.4, -0.2) is 18.7 Å². The highest BCUT2D eigenvalue weighted by atomic mass is 35.5. The smallest absolute Gasteiger partial charge is 0.265 e. The second-order valence-electron chi connectivity index (χ2n) is 4.57. The van der Waals surface area contributed by atoms with Gasteiger partial charge in [-0.3, -0.25) is 4.79 Å². The lowest BCUT2D eigenvalue weighted by Crippen LogP contribution is -2.17. The minimum absolute atomic E-state index is 0.184. The first-order chi connectivity index (χ1) is 10.5. The van der Waals surface area contributed by atoms with E-state index in [0.29, 0.717) is 15.7 Å². The summed E-state index contributed by atoms with van der Waals surface area (Å²) in [6.45, 7) is 1.70. The molecule has 0 heterocycles. The van der Waals surface area contributed by atoms with Crippen LogP contribution in [0, 0.1) is 6.92 Å². The van der Waals surface area contributed by atoms with Crippen molar-refractivity contribution in [1.29, 1.82) is 0 Å². The molecule has 2 rings (SSSR count). The quantitative estimate of drug-likeness (QED) is 0.654. The Morgan fingerprint density at radius 3 is 2.59 bits per heavy atom. The van der Waals surface area contributed by atoms with Gasteiger partial charge in [-0.25, -0.2) is 0 Å². The first-order valence-corrected chi connectivity index (χ1v) is 7.27. The molecule has 2 aromatic rings. The number of carbonyl (C=O) groups excluding carboxylic acids is 1. The molecular weight excluding hydrogens is 323 g/mol. The number of anilines is 1. The van der Waals surface area contributed by atoms with Crippen molar-refractivity contribution in [3.8, 4) is 0 Å². The van der Waals surface area contributed by atoms with Crippen molar-refractivity contribution in [1.82, 2.24) is 0 Å². The maximum Gasteiger partial charge on any atom is 0.265 e. The van der Waals surface area contributed by atoms with Gasteiger partial charge in [0.05, 0.1) is 6.21 Å². The van der Waals surface area contributed by atoms with Crippen LogP contribution in [0.25, 0.3) is 0 Å². The predicted octanol–water partition coefficient (Wildman–Crippen LogP) is 4.29. The van der Waals surface area contributed by atoms with Crippen molar-refractivity contribution < 1.29 is 9.63 Å². The molecule has 4 nitrogen and oxygen atoms in total. The minimum atomic E-state index is -0.307. The van der Waals surface area contributed by atoms with Gasteiger partial charge in [-0.15, -0.1) is 0 Å². The number of halogens is 2. The van der Waals surface area contributed by atoms with E-state index in [9.17, 15) is 4.79 Å². The Balaban J connectivity index is 1.83. The van der Waals surface area contributed by atoms with Gasteiger partial charge < -0.3 is 10.2 Å². The van der Waals surface area contributed by atoms with Crippen LogP contribution < -0.4 is 5.32 Å². The van der Waals surface area contributed by atoms with Gasteiger partial charge in [0, 0.05) is 15.7 Å². The van der Waals surface area contributed by atoms with Crippen molar-refractivity contribution >= 4 is 41.0 Å². The molecule has 0 atom stereocenters. The largest absolute Gasteiger partial charge is 0.386 e. The van der Waals surface area contributed by atoms with Crippen LogP contribution >= 0.6 is 23.2 Å². The summed E-state index contributed by atoms with van der Waals surface area (Å²) in [5.74, 6) is -0.307. The molecule has 1 amide bonds. The van der Waals surface area contributed by atoms with Crippen molar-refractivity contribution in [3.63, 3.8) is 0 Å². The van der Waals surface area contributed by atoms with E-state index < -0.39 is 0 Å². The molecule has 0 aliphatic rings. The van der Waals surface area contributed by atoms with Crippen LogP contribution in [0.5, 0.6) is 0 Å². The number of benzene rings is 2. The van der Waals surface area contributed by atoms with Gasteiger partial charge in [-0.05, 0) is 42.3 Å². The van der Waals surface area contributed by atoms with Crippen LogP contribution in [-0.2, 0) is 9.63 Å². The molecule has 0 aliphatic carbocycles. The van der Waals surface area contributed by atoms with Gasteiger partial charge in [0.15, 0.2) is 6.61 Å². The van der Waals surface area contributed by atoms with E-state index in [-0.39, 0.29) is 12.5 Å². The lowest BCUT2D eigenvalue weighted by molar-refractivity contribution is -0.120. The Morgan fingerprint density at radius 2 is 1.86 bits per heavy atom. The Kier molecular flexibility index (Phi) is 5.81. The highest BCUT2D eigenvalue weighted by Crippen LogP contribution is 2.19. The maximum atomic E-state index is 11.8. The third-order valence-corrected chi connectivity index (χ3v) is 3.30. The molecule has 0 bridgehead atoms. The van der Waals surface area contributed by atoms with Crippen molar-refractivity contribution in [3.05, 3.63) is 63.6 Å². The molecule has 0 aliphatic heterocycles. The lowest BCUT2D eigenvalue weighted by Gasteiger charge is -2.07. The van der Waals surface area contributed by atoms with E-state index in [1.165, 1.54) is 6.21 Å². The number of oxime groups is 1. The average Bonchev–Trinajstić information content (AvgIpc) is 2.49. The minimum Gasteiger partial charge on any atom is -0.386 e. The Morgan fingerprint density at radius 1 is 1.18 bits per heavy atom. The van der Waals surface area contributed by atoms with Gasteiger partial charge in [-0.2, -0.15) is 0 Å². The van der Waals surface area contributed by atoms with Gasteiger partial charge in [0.2, 0.25) is 0 Å². The number of nitrogens with zero attached hydrogens (tertiary/aromatic N) is 1. The number of amides is 1. The summed E-state index contributed by atoms with van der Waals surface area (Å²) in [6, 6.07) is 12.4. The third-order valence-electron chi connectivity index (χ3n) is 2.82. The lowest BCUT2D eigenvalue weighted by atomic mass is 10.2. The number of carbonyl (C=O) groups is 1. The molecule has 0 aromatic heterocycles. The van der Waals surface area contributed by atoms with Crippen molar-refractivity contribution in [2.75, 3.05) is 11.9 Å². The van der Waals surface area contributed by atoms with Crippen molar-refractivity contribution in [2.45, 2.75) is 6.92 Å². The zero-order valence-electron chi connectivity index (χ0n) is 11.8. The van der Waals surface area contributed by atoms with E-state index in [2.05, 4.69) is 10.5 Å². The molecule has 2 aromatic carbocycles. The molecular formula is C16H14Cl2N2O2. The summed E-state index contributed by atoms with van der Waals surface area (Å²) in [5.41, 5.74) is 2.40. The van der Waals surface area contributed by atoms with E-state index in [4.69, 9.17) is 28.0 Å². The second-order valence-corrected chi connectivity index (χ2v) is 5.44. The SMILES string of the molecule is Cc1ccc(Cl)cc1NC(=O)CO/N=C/c1ccc(Cl)cc1. The van der Waals surface area contributed by atoms with Gasteiger partial charge in [-0.1, -0.05) is 46.6 Å². The van der Waals surface area contributed by atoms with E-state index in [1.807, 2.05) is 13.0 Å². The Bertz CT molecular complexity index is 685. The molecule has 0 saturated carbocycles. The van der Waals surface area contributed by atoms with Crippen LogP contribution in [0.1, 0.15) is 11.1 Å². The zero-order valence-corrected chi connectivity index (χ0v) is 13.4. The number of nitrogens with one attached hydrogen (secondary N) is 1. The van der Waals surface area contributed by atoms with Crippen LogP contribution in [0.4, 0.5) is 5.69 Å². The first kappa shape index (κ1) is 16.3. The van der Waals surface area contributed by atoms with Crippen molar-refractivity contribution in [2.24, 2.45) is 5.16 Å². The number of hydrogen-bond acceptors (Lipinski definition) is 3. The molecule has 0 saturated heterocycles. The summed E-state index contributed by atoms with van der Waals surface area (Å²) < 4.78 is 0. The summed E-state index contributed by atoms with van der Waals surface area (Å²) in [5, 5.41) is 7.66. The van der Waals surface area contributed by atoms with Gasteiger partial charge >= 0.3 is 0 Å². The second kappa shape index (κ2) is 7.82. The van der Waals surface area contributed by atoms with Crippen LogP contribution in [0.3, 0.4) is 0 Å². The molecule has 114 valence electrons. The van der Waals surface area contributed by atoms with Gasteiger partial charge in [0.1, 0.15) is 0 Å². The Hall–Kier alpha value is -2.04. The molecule has 1 N–H and O–H groups in total. The van der Waals surface area contributed by atoms with Gasteiger partial charge in [0.25, 0.3) is 5.91 Å². The van der Waals surface area contributed by atoms with Crippen LogP contribution in [0.2, 0.25) is 10.0 Å². The molecule has 0 radical (unpaired) electrons. The summed E-state index contributed by atoms with van der Waals surface area (Å²) in [4.78, 5) is 16.7. The zero-order chi connectivity index (χ0) is 15.9. The highest BCUT2D eigenvalue weighted by Gasteiger charge is 2.05. The molecule has 0 unspecified atom stereocenters. The van der Waals surface area contributed by atoms with Crippen LogP contribution in [0.15, 0.2) is 47.6 Å². The third kappa shape index (κ3) is 5.06. The fourth-order valence-electron chi connectivity index (χ4n) is 1.66. The van der Waals surface area contributed by atoms with E-state index in [1.54, 1.807) is 36.4 Å². The predicted molar refractivity (Wildman–Crippen MR) is 89.8 cm³/mol. The fraction of sp³-hybridized carbons (Fsp3) is 0.125. The molecule has 0 fully saturated rings. The maximum absolute atomic E-state index is 11.8. The molecule has 0 spiro atoms. The standard InChI is InChI=1S/C16H14Cl2N2O2/c1-11-2-5-14(18)8-15(11)20-16(21)10-22-19-9-12-3-6-13(17)7-4-12/h2-9H,10H2,1H3,(H,20,21)/b19-9+. The summed E-state index contributed by atoms with van der Waals surface area (Å²) in [7, 11) is 0. The number of rotatable bonds is 5. The monoisotopic (exact) mass is 336 g/mol. The Labute approximate surface area is 138 Å². The van der Waals surface area contributed by atoms with E-state index >= 15 is 0 Å². The molecule has 22 heavy (non-hydrogen) atoms. The van der Waals surface area contributed by atoms with E-state index in [0.717, 1.165) is 11.1 Å². The highest BCUT2D eigenvalue weighted by molar-refractivity contribution is 6.31. The molecule has 6 heteroatoms. The number of hydrogen-bond donors (Lipinski definition) is 1. The average molecular weight is 337 g/mol. The summed E-state index contributed by atoms with van der Waals surface area (Å²) in [6.07, 6.45) is 1.51. The summed E-state index contributed by atoms with van der Waals surface area (Å²) >= 11 is 11.7.